The van der Waals surface area contributed by atoms with E-state index in [9.17, 15) is 14.7 Å². The SMILES string of the molecule is CC(=O)N1c2ccc(-c3ccc(CN4CCCC4)cc3)cc2[C@@H](NC(=O)O)C[C@H]1C.Cl. The third kappa shape index (κ3) is 5.02. The van der Waals surface area contributed by atoms with E-state index in [1.165, 1.54) is 31.5 Å². The highest BCUT2D eigenvalue weighted by Gasteiger charge is 2.33. The van der Waals surface area contributed by atoms with Crippen molar-refractivity contribution in [3.05, 3.63) is 53.6 Å². The molecule has 1 saturated heterocycles. The van der Waals surface area contributed by atoms with Crippen molar-refractivity contribution in [2.24, 2.45) is 0 Å². The summed E-state index contributed by atoms with van der Waals surface area (Å²) in [5, 5.41) is 11.9. The molecule has 6 nitrogen and oxygen atoms in total. The van der Waals surface area contributed by atoms with Gasteiger partial charge in [0.25, 0.3) is 0 Å². The van der Waals surface area contributed by atoms with E-state index in [0.29, 0.717) is 6.42 Å². The van der Waals surface area contributed by atoms with Gasteiger partial charge in [-0.1, -0.05) is 30.3 Å². The second-order valence-corrected chi connectivity index (χ2v) is 8.43. The predicted molar refractivity (Wildman–Crippen MR) is 125 cm³/mol. The van der Waals surface area contributed by atoms with Gasteiger partial charge in [0.1, 0.15) is 0 Å². The van der Waals surface area contributed by atoms with Gasteiger partial charge in [0, 0.05) is 25.2 Å². The lowest BCUT2D eigenvalue weighted by Gasteiger charge is -2.39. The lowest BCUT2D eigenvalue weighted by atomic mass is 9.89. The van der Waals surface area contributed by atoms with E-state index in [4.69, 9.17) is 0 Å². The predicted octanol–water partition coefficient (Wildman–Crippen LogP) is 4.83. The van der Waals surface area contributed by atoms with Crippen LogP contribution in [-0.2, 0) is 11.3 Å². The largest absolute Gasteiger partial charge is 0.465 e. The van der Waals surface area contributed by atoms with Crippen LogP contribution in [0.25, 0.3) is 11.1 Å². The first-order valence-electron chi connectivity index (χ1n) is 10.7. The summed E-state index contributed by atoms with van der Waals surface area (Å²) >= 11 is 0. The van der Waals surface area contributed by atoms with Crippen molar-refractivity contribution >= 4 is 30.1 Å². The Hall–Kier alpha value is -2.57. The number of likely N-dealkylation sites (tertiary alicyclic amines) is 1. The number of nitrogens with one attached hydrogen (secondary N) is 1. The van der Waals surface area contributed by atoms with Gasteiger partial charge >= 0.3 is 6.09 Å². The maximum absolute atomic E-state index is 12.2. The first-order chi connectivity index (χ1) is 14.4. The van der Waals surface area contributed by atoms with Crippen LogP contribution in [0.3, 0.4) is 0 Å². The summed E-state index contributed by atoms with van der Waals surface area (Å²) in [5.41, 5.74) is 5.06. The third-order valence-electron chi connectivity index (χ3n) is 6.21. The summed E-state index contributed by atoms with van der Waals surface area (Å²) in [7, 11) is 0. The topological polar surface area (TPSA) is 72.9 Å². The standard InChI is InChI=1S/C24H29N3O3.ClH/c1-16-13-22(25-24(29)30)21-14-20(9-10-23(21)27(16)17(2)28)19-7-5-18(6-8-19)15-26-11-3-4-12-26;/h5-10,14,16,22,25H,3-4,11-13,15H2,1-2H3,(H,29,30);1H/t16-,22+;/m1./s1. The summed E-state index contributed by atoms with van der Waals surface area (Å²) in [6.07, 6.45) is 2.08. The summed E-state index contributed by atoms with van der Waals surface area (Å²) in [4.78, 5) is 27.8. The molecule has 0 saturated carbocycles. The number of benzene rings is 2. The molecule has 4 rings (SSSR count). The van der Waals surface area contributed by atoms with Gasteiger partial charge in [-0.3, -0.25) is 9.69 Å². The Bertz CT molecular complexity index is 942. The van der Waals surface area contributed by atoms with Crippen molar-refractivity contribution in [1.29, 1.82) is 0 Å². The molecule has 2 atom stereocenters. The molecule has 31 heavy (non-hydrogen) atoms. The van der Waals surface area contributed by atoms with Gasteiger partial charge in [-0.2, -0.15) is 0 Å². The van der Waals surface area contributed by atoms with Crippen LogP contribution >= 0.6 is 12.4 Å². The van der Waals surface area contributed by atoms with Crippen molar-refractivity contribution in [2.75, 3.05) is 18.0 Å². The molecular formula is C24H30ClN3O3. The summed E-state index contributed by atoms with van der Waals surface area (Å²) in [6.45, 7) is 6.85. The minimum atomic E-state index is -1.05. The Morgan fingerprint density at radius 3 is 2.32 bits per heavy atom. The van der Waals surface area contributed by atoms with Gasteiger partial charge < -0.3 is 15.3 Å². The number of hydrogen-bond acceptors (Lipinski definition) is 3. The maximum Gasteiger partial charge on any atom is 0.405 e. The van der Waals surface area contributed by atoms with Crippen LogP contribution in [0.2, 0.25) is 0 Å². The first kappa shape index (κ1) is 23.1. The fourth-order valence-corrected chi connectivity index (χ4v) is 4.81. The Kier molecular flexibility index (Phi) is 7.23. The van der Waals surface area contributed by atoms with Gasteiger partial charge in [0.05, 0.1) is 6.04 Å². The molecule has 2 heterocycles. The Labute approximate surface area is 189 Å². The molecule has 7 heteroatoms. The smallest absolute Gasteiger partial charge is 0.405 e. The maximum atomic E-state index is 12.2. The molecule has 0 aromatic heterocycles. The highest BCUT2D eigenvalue weighted by molar-refractivity contribution is 5.94. The fourth-order valence-electron chi connectivity index (χ4n) is 4.81. The van der Waals surface area contributed by atoms with Crippen LogP contribution in [-0.4, -0.2) is 41.1 Å². The molecular weight excluding hydrogens is 414 g/mol. The van der Waals surface area contributed by atoms with Gasteiger partial charge in [0.15, 0.2) is 0 Å². The number of carbonyl (C=O) groups excluding carboxylic acids is 1. The van der Waals surface area contributed by atoms with Crippen molar-refractivity contribution in [2.45, 2.75) is 51.7 Å². The Morgan fingerprint density at radius 1 is 1.06 bits per heavy atom. The Morgan fingerprint density at radius 2 is 1.71 bits per heavy atom. The summed E-state index contributed by atoms with van der Waals surface area (Å²) < 4.78 is 0. The average molecular weight is 444 g/mol. The molecule has 0 aliphatic carbocycles. The number of hydrogen-bond donors (Lipinski definition) is 2. The van der Waals surface area contributed by atoms with E-state index in [2.05, 4.69) is 34.5 Å². The zero-order valence-electron chi connectivity index (χ0n) is 18.0. The zero-order chi connectivity index (χ0) is 21.3. The van der Waals surface area contributed by atoms with Crippen LogP contribution in [0.15, 0.2) is 42.5 Å². The number of carboxylic acid groups (broad SMARTS) is 1. The fraction of sp³-hybridized carbons (Fsp3) is 0.417. The first-order valence-corrected chi connectivity index (χ1v) is 10.7. The van der Waals surface area contributed by atoms with Crippen LogP contribution in [0.1, 0.15) is 50.3 Å². The minimum absolute atomic E-state index is 0. The zero-order valence-corrected chi connectivity index (χ0v) is 18.8. The van der Waals surface area contributed by atoms with Crippen LogP contribution in [0.5, 0.6) is 0 Å². The molecule has 2 aliphatic rings. The molecule has 166 valence electrons. The van der Waals surface area contributed by atoms with E-state index in [1.54, 1.807) is 11.8 Å². The third-order valence-corrected chi connectivity index (χ3v) is 6.21. The summed E-state index contributed by atoms with van der Waals surface area (Å²) in [5.74, 6) is -0.0310. The quantitative estimate of drug-likeness (QED) is 0.710. The molecule has 0 bridgehead atoms. The monoisotopic (exact) mass is 443 g/mol. The molecule has 0 unspecified atom stereocenters. The number of carbonyl (C=O) groups is 2. The van der Waals surface area contributed by atoms with Crippen molar-refractivity contribution in [1.82, 2.24) is 10.2 Å². The summed E-state index contributed by atoms with van der Waals surface area (Å²) in [6, 6.07) is 14.2. The van der Waals surface area contributed by atoms with Gasteiger partial charge in [-0.15, -0.1) is 12.4 Å². The number of nitrogens with zero attached hydrogens (tertiary/aromatic N) is 2. The average Bonchev–Trinajstić information content (AvgIpc) is 3.21. The molecule has 1 fully saturated rings. The van der Waals surface area contributed by atoms with Gasteiger partial charge in [0.2, 0.25) is 5.91 Å². The van der Waals surface area contributed by atoms with E-state index in [-0.39, 0.29) is 30.4 Å². The van der Waals surface area contributed by atoms with E-state index in [1.807, 2.05) is 25.1 Å². The number of rotatable bonds is 4. The van der Waals surface area contributed by atoms with Gasteiger partial charge in [-0.05, 0) is 73.7 Å². The molecule has 2 aromatic rings. The Balaban J connectivity index is 0.00000272. The van der Waals surface area contributed by atoms with E-state index < -0.39 is 6.09 Å². The van der Waals surface area contributed by atoms with E-state index >= 15 is 0 Å². The molecule has 0 spiro atoms. The highest BCUT2D eigenvalue weighted by Crippen LogP contribution is 2.39. The second-order valence-electron chi connectivity index (χ2n) is 8.43. The number of amides is 2. The molecule has 2 aromatic carbocycles. The van der Waals surface area contributed by atoms with Crippen LogP contribution in [0.4, 0.5) is 10.5 Å². The van der Waals surface area contributed by atoms with Gasteiger partial charge in [-0.25, -0.2) is 4.79 Å². The number of anilines is 1. The minimum Gasteiger partial charge on any atom is -0.465 e. The van der Waals surface area contributed by atoms with Crippen LogP contribution in [0, 0.1) is 0 Å². The lowest BCUT2D eigenvalue weighted by molar-refractivity contribution is -0.117. The van der Waals surface area contributed by atoms with Crippen molar-refractivity contribution < 1.29 is 14.7 Å². The normalized spacial score (nSPS) is 20.6. The van der Waals surface area contributed by atoms with Crippen LogP contribution < -0.4 is 10.2 Å². The van der Waals surface area contributed by atoms with Crippen molar-refractivity contribution in [3.8, 4) is 11.1 Å². The van der Waals surface area contributed by atoms with E-state index in [0.717, 1.165) is 28.9 Å². The van der Waals surface area contributed by atoms with Crippen molar-refractivity contribution in [3.63, 3.8) is 0 Å². The highest BCUT2D eigenvalue weighted by atomic mass is 35.5. The number of halogens is 1. The molecule has 2 aliphatic heterocycles. The second kappa shape index (κ2) is 9.71. The molecule has 0 radical (unpaired) electrons. The lowest BCUT2D eigenvalue weighted by Crippen LogP contribution is -2.45. The number of fused-ring (bicyclic) bond motifs is 1. The molecule has 2 amide bonds. The molecule has 2 N–H and O–H groups in total.